The first kappa shape index (κ1) is 70.6. The number of ether oxygens (including phenoxy) is 4. The van der Waals surface area contributed by atoms with Gasteiger partial charge in [-0.2, -0.15) is 10.5 Å². The first-order valence-corrected chi connectivity index (χ1v) is 38.0. The third-order valence-electron chi connectivity index (χ3n) is 20.7. The number of carbonyl (C=O) groups is 2. The number of Topliss-reactive ketones (excluding diaryl/α,β-unsaturated/α-hetero) is 2. The Hall–Kier alpha value is -10.4. The summed E-state index contributed by atoms with van der Waals surface area (Å²) in [6.45, 7) is 27.1. The second kappa shape index (κ2) is 28.3. The monoisotopic (exact) mass is 1460 g/mol. The Morgan fingerprint density at radius 3 is 1.06 bits per heavy atom. The molecule has 14 rings (SSSR count). The second-order valence-corrected chi connectivity index (χ2v) is 31.5. The van der Waals surface area contributed by atoms with Crippen LogP contribution in [0.15, 0.2) is 156 Å². The normalized spacial score (nSPS) is 16.5. The minimum Gasteiger partial charge on any atom is -0.493 e. The largest absolute Gasteiger partial charge is 0.493 e. The molecule has 520 valence electrons. The maximum absolute atomic E-state index is 15.3. The number of fused-ring (bicyclic) bond motifs is 11. The highest BCUT2D eigenvalue weighted by Crippen LogP contribution is 2.70. The van der Waals surface area contributed by atoms with Gasteiger partial charge in [0, 0.05) is 54.3 Å². The standard InChI is InChI=1S/C86H68F4N4O6S4/c1-10-45(5)41-97-54-22-14-50(15-23-54)85(51-16-24-55(25-17-51)98-42-46(6)11-2)66-32-58(30-64-73(49(38-91)39-92)60-34-68(87)70(89)36-62(60)77(64)95)101-79(66)81-75(85)83-84(103-81)76-82(104-83)80-67(33-59(102-80)31-65-74(72(40-93)94-9)61-35-69(88)71(90)37-63(61)78(65)96)86(76,52-18-26-56(27-19-52)99-43-47(7)12-3)53-20-28-57(29-21-53)100-44-48(8)13-4/h14-37,45-48H,10-13,41-44H2,1-8H3/b64-30-,65-31-,74-72+/t45-,46-,47+,48+/m0/s1. The molecule has 0 saturated carbocycles. The lowest BCUT2D eigenvalue weighted by atomic mass is 9.67. The van der Waals surface area contributed by atoms with Crippen LogP contribution < -0.4 is 18.9 Å². The van der Waals surface area contributed by atoms with Crippen LogP contribution in [0.4, 0.5) is 17.6 Å². The molecule has 0 N–H and O–H groups in total. The van der Waals surface area contributed by atoms with Gasteiger partial charge in [-0.25, -0.2) is 27.7 Å². The van der Waals surface area contributed by atoms with Crippen molar-refractivity contribution < 1.29 is 46.1 Å². The van der Waals surface area contributed by atoms with E-state index in [-0.39, 0.29) is 68.2 Å². The average molecular weight is 1460 g/mol. The molecular formula is C86H68F4N4O6S4. The van der Waals surface area contributed by atoms with Gasteiger partial charge in [0.25, 0.3) is 5.70 Å². The van der Waals surface area contributed by atoms with Crippen LogP contribution >= 0.6 is 45.3 Å². The summed E-state index contributed by atoms with van der Waals surface area (Å²) >= 11 is 6.13. The van der Waals surface area contributed by atoms with Gasteiger partial charge in [0.15, 0.2) is 34.8 Å². The average Bonchev–Trinajstić information content (AvgIpc) is 1.49. The van der Waals surface area contributed by atoms with E-state index < -0.39 is 56.9 Å². The molecule has 0 saturated heterocycles. The van der Waals surface area contributed by atoms with Crippen LogP contribution in [0.1, 0.15) is 167 Å². The van der Waals surface area contributed by atoms with E-state index in [2.05, 4.69) is 109 Å². The number of ketones is 2. The molecule has 4 heterocycles. The summed E-state index contributed by atoms with van der Waals surface area (Å²) in [5.41, 5.74) is 3.25. The predicted octanol–water partition coefficient (Wildman–Crippen LogP) is 22.6. The molecule has 0 bridgehead atoms. The molecule has 6 aromatic carbocycles. The van der Waals surface area contributed by atoms with Gasteiger partial charge < -0.3 is 18.9 Å². The third-order valence-corrected chi connectivity index (χ3v) is 25.8. The van der Waals surface area contributed by atoms with E-state index in [0.717, 1.165) is 123 Å². The van der Waals surface area contributed by atoms with E-state index in [1.54, 1.807) is 34.8 Å². The molecule has 0 spiro atoms. The second-order valence-electron chi connectivity index (χ2n) is 27.3. The zero-order valence-corrected chi connectivity index (χ0v) is 61.5. The zero-order chi connectivity index (χ0) is 73.2. The van der Waals surface area contributed by atoms with E-state index >= 15 is 17.6 Å². The highest BCUT2D eigenvalue weighted by atomic mass is 32.1. The van der Waals surface area contributed by atoms with Gasteiger partial charge in [0.1, 0.15) is 40.7 Å². The van der Waals surface area contributed by atoms with Crippen LogP contribution in [0.25, 0.3) is 57.1 Å². The molecule has 10 aromatic rings. The number of thiophene rings is 4. The molecule has 0 amide bonds. The minimum absolute atomic E-state index is 0.0472. The van der Waals surface area contributed by atoms with E-state index in [1.807, 2.05) is 78.9 Å². The molecule has 0 unspecified atom stereocenters. The van der Waals surface area contributed by atoms with Crippen molar-refractivity contribution in [2.24, 2.45) is 23.7 Å². The number of hydrogen-bond acceptors (Lipinski definition) is 13. The highest BCUT2D eigenvalue weighted by molar-refractivity contribution is 7.34. The fraction of sp³-hybridized carbons (Fsp3) is 0.256. The van der Waals surface area contributed by atoms with Gasteiger partial charge in [-0.05, 0) is 165 Å². The summed E-state index contributed by atoms with van der Waals surface area (Å²) in [6.07, 6.45) is 6.94. The van der Waals surface area contributed by atoms with Gasteiger partial charge in [-0.1, -0.05) is 130 Å². The summed E-state index contributed by atoms with van der Waals surface area (Å²) in [6, 6.07) is 46.0. The topological polar surface area (TPSA) is 147 Å². The van der Waals surface area contributed by atoms with Gasteiger partial charge >= 0.3 is 0 Å². The van der Waals surface area contributed by atoms with E-state index in [9.17, 15) is 25.4 Å². The Morgan fingerprint density at radius 2 is 0.760 bits per heavy atom. The molecule has 0 radical (unpaired) electrons. The smallest absolute Gasteiger partial charge is 0.270 e. The molecule has 0 aliphatic heterocycles. The Morgan fingerprint density at radius 1 is 0.452 bits per heavy atom. The number of nitriles is 3. The lowest BCUT2D eigenvalue weighted by molar-refractivity contribution is 0.103. The van der Waals surface area contributed by atoms with E-state index in [1.165, 1.54) is 22.7 Å². The lowest BCUT2D eigenvalue weighted by Crippen LogP contribution is -2.29. The van der Waals surface area contributed by atoms with E-state index in [4.69, 9.17) is 25.5 Å². The number of benzene rings is 6. The summed E-state index contributed by atoms with van der Waals surface area (Å²) in [4.78, 5) is 37.7. The van der Waals surface area contributed by atoms with Crippen molar-refractivity contribution in [1.29, 1.82) is 15.8 Å². The number of carbonyl (C=O) groups excluding carboxylic acids is 2. The van der Waals surface area contributed by atoms with Gasteiger partial charge in [-0.15, -0.1) is 45.3 Å². The van der Waals surface area contributed by atoms with Gasteiger partial charge in [-0.3, -0.25) is 9.59 Å². The quantitative estimate of drug-likeness (QED) is 0.0280. The first-order chi connectivity index (χ1) is 50.3. The number of nitrogens with zero attached hydrogens (tertiary/aromatic N) is 4. The summed E-state index contributed by atoms with van der Waals surface area (Å²) < 4.78 is 88.7. The Labute approximate surface area is 617 Å². The molecule has 4 aliphatic carbocycles. The molecule has 0 fully saturated rings. The molecular weight excluding hydrogens is 1390 g/mol. The molecule has 4 aliphatic rings. The number of allylic oxidation sites excluding steroid dienone is 6. The summed E-state index contributed by atoms with van der Waals surface area (Å²) in [5, 5.41) is 31.3. The van der Waals surface area contributed by atoms with Crippen LogP contribution in [0.3, 0.4) is 0 Å². The van der Waals surface area contributed by atoms with Crippen LogP contribution in [0.2, 0.25) is 0 Å². The maximum Gasteiger partial charge on any atom is 0.270 e. The molecule has 104 heavy (non-hydrogen) atoms. The van der Waals surface area contributed by atoms with Crippen LogP contribution in [0.5, 0.6) is 23.0 Å². The molecule has 10 nitrogen and oxygen atoms in total. The Balaban J connectivity index is 1.08. The number of hydrogen-bond donors (Lipinski definition) is 0. The molecule has 4 aromatic heterocycles. The number of rotatable bonds is 22. The van der Waals surface area contributed by atoms with Gasteiger partial charge in [0.05, 0.1) is 78.8 Å². The fourth-order valence-electron chi connectivity index (χ4n) is 14.3. The van der Waals surface area contributed by atoms with Crippen molar-refractivity contribution >= 4 is 89.6 Å². The third kappa shape index (κ3) is 11.7. The minimum atomic E-state index is -1.25. The number of halogens is 4. The van der Waals surface area contributed by atoms with Crippen molar-refractivity contribution in [1.82, 2.24) is 0 Å². The SMILES string of the molecule is [C-]#[N+]/C(C#N)=C1/C(=C/c2cc3c(s2)-c2sc4c5c(sc4c2C3(c2ccc(OC[C@H](C)CC)cc2)c2ccc(OC[C@H](C)CC)cc2)-c2sc(/C=C3\C(=O)c4cc(F)c(F)cc4C3=C(C#N)C#N)cc2C5(c2ccc(OC[C@@H](C)CC)cc2)c2ccc(OC[C@@H](C)CC)cc2)C(=O)c2cc(F)c(F)cc21. The van der Waals surface area contributed by atoms with Crippen molar-refractivity contribution in [2.45, 2.75) is 91.9 Å². The molecule has 4 atom stereocenters. The van der Waals surface area contributed by atoms with Crippen LogP contribution in [-0.4, -0.2) is 38.0 Å². The maximum atomic E-state index is 15.3. The summed E-state index contributed by atoms with van der Waals surface area (Å²) in [5.74, 6) is -2.46. The van der Waals surface area contributed by atoms with Crippen molar-refractivity contribution in [3.05, 3.63) is 267 Å². The first-order valence-electron chi connectivity index (χ1n) is 34.7. The Bertz CT molecular complexity index is 5000. The molecule has 18 heteroatoms. The Kier molecular flexibility index (Phi) is 19.2. The van der Waals surface area contributed by atoms with Crippen molar-refractivity contribution in [3.63, 3.8) is 0 Å². The fourth-order valence-corrected chi connectivity index (χ4v) is 20.0. The van der Waals surface area contributed by atoms with Crippen molar-refractivity contribution in [2.75, 3.05) is 26.4 Å². The van der Waals surface area contributed by atoms with Crippen LogP contribution in [-0.2, 0) is 10.8 Å². The lowest BCUT2D eigenvalue weighted by Gasteiger charge is -2.34. The van der Waals surface area contributed by atoms with Gasteiger partial charge in [0.2, 0.25) is 0 Å². The zero-order valence-electron chi connectivity index (χ0n) is 58.2. The van der Waals surface area contributed by atoms with Crippen LogP contribution in [0, 0.1) is 87.5 Å². The van der Waals surface area contributed by atoms with E-state index in [0.29, 0.717) is 59.2 Å². The van der Waals surface area contributed by atoms with Crippen molar-refractivity contribution in [3.8, 4) is 60.7 Å². The highest BCUT2D eigenvalue weighted by Gasteiger charge is 2.55. The summed E-state index contributed by atoms with van der Waals surface area (Å²) in [7, 11) is 0. The predicted molar refractivity (Wildman–Crippen MR) is 404 cm³/mol.